The fourth-order valence-electron chi connectivity index (χ4n) is 2.58. The largest absolute Gasteiger partial charge is 0.303 e. The number of nitrogens with one attached hydrogen (secondary N) is 1. The summed E-state index contributed by atoms with van der Waals surface area (Å²) >= 11 is 2.19. The second-order valence-corrected chi connectivity index (χ2v) is 5.95. The monoisotopic (exact) mass is 199 g/mol. The molecule has 0 bridgehead atoms. The normalized spacial score (nSPS) is 40.8. The maximum absolute atomic E-state index is 3.74. The van der Waals surface area contributed by atoms with Gasteiger partial charge in [-0.3, -0.25) is 0 Å². The fraction of sp³-hybridized carbons (Fsp3) is 1.00. The summed E-state index contributed by atoms with van der Waals surface area (Å²) in [6, 6.07) is 0. The topological polar surface area (TPSA) is 12.0 Å². The first kappa shape index (κ1) is 9.85. The maximum atomic E-state index is 3.74. The van der Waals surface area contributed by atoms with Crippen LogP contribution in [-0.2, 0) is 0 Å². The van der Waals surface area contributed by atoms with Gasteiger partial charge >= 0.3 is 0 Å². The molecule has 0 aromatic rings. The molecule has 1 aliphatic carbocycles. The van der Waals surface area contributed by atoms with E-state index in [1.54, 1.807) is 0 Å². The first-order valence-electron chi connectivity index (χ1n) is 5.74. The van der Waals surface area contributed by atoms with Gasteiger partial charge in [-0.05, 0) is 50.3 Å². The van der Waals surface area contributed by atoms with E-state index in [2.05, 4.69) is 24.0 Å². The Labute approximate surface area is 86.0 Å². The Morgan fingerprint density at radius 1 is 1.38 bits per heavy atom. The molecule has 0 unspecified atom stereocenters. The summed E-state index contributed by atoms with van der Waals surface area (Å²) in [6.45, 7) is 3.59. The number of hydrogen-bond donors (Lipinski definition) is 1. The van der Waals surface area contributed by atoms with Crippen molar-refractivity contribution in [3.05, 3.63) is 0 Å². The molecule has 0 radical (unpaired) electrons. The Bertz CT molecular complexity index is 153. The van der Waals surface area contributed by atoms with Crippen LogP contribution < -0.4 is 5.32 Å². The summed E-state index contributed by atoms with van der Waals surface area (Å²) in [5.41, 5.74) is 0. The third-order valence-electron chi connectivity index (χ3n) is 3.64. The zero-order valence-corrected chi connectivity index (χ0v) is 9.46. The van der Waals surface area contributed by atoms with Crippen molar-refractivity contribution in [2.75, 3.05) is 12.3 Å². The summed E-state index contributed by atoms with van der Waals surface area (Å²) in [5.74, 6) is 2.40. The van der Waals surface area contributed by atoms with Gasteiger partial charge in [-0.2, -0.15) is 0 Å². The van der Waals surface area contributed by atoms with E-state index in [4.69, 9.17) is 0 Å². The minimum Gasteiger partial charge on any atom is -0.303 e. The van der Waals surface area contributed by atoms with Gasteiger partial charge < -0.3 is 5.32 Å². The van der Waals surface area contributed by atoms with Gasteiger partial charge in [0.15, 0.2) is 0 Å². The van der Waals surface area contributed by atoms with Crippen molar-refractivity contribution >= 4 is 11.8 Å². The Balaban J connectivity index is 1.87. The Morgan fingerprint density at radius 2 is 2.15 bits per heavy atom. The van der Waals surface area contributed by atoms with E-state index in [0.29, 0.717) is 4.87 Å². The predicted octanol–water partition coefficient (Wildman–Crippen LogP) is 3.01. The van der Waals surface area contributed by atoms with Crippen molar-refractivity contribution < 1.29 is 0 Å². The van der Waals surface area contributed by atoms with Gasteiger partial charge in [0.1, 0.15) is 0 Å². The summed E-state index contributed by atoms with van der Waals surface area (Å²) in [4.78, 5) is 0.504. The van der Waals surface area contributed by atoms with Crippen LogP contribution in [0.2, 0.25) is 0 Å². The summed E-state index contributed by atoms with van der Waals surface area (Å²) in [7, 11) is 0. The van der Waals surface area contributed by atoms with Crippen LogP contribution in [0.3, 0.4) is 0 Å². The van der Waals surface area contributed by atoms with Crippen LogP contribution in [0.5, 0.6) is 0 Å². The molecule has 76 valence electrons. The van der Waals surface area contributed by atoms with Gasteiger partial charge in [0.2, 0.25) is 0 Å². The van der Waals surface area contributed by atoms with Crippen molar-refractivity contribution in [3.8, 4) is 0 Å². The lowest BCUT2D eigenvalue weighted by Gasteiger charge is -2.43. The first-order chi connectivity index (χ1) is 6.35. The molecule has 0 atom stereocenters. The zero-order valence-electron chi connectivity index (χ0n) is 8.64. The van der Waals surface area contributed by atoms with Gasteiger partial charge in [0.05, 0.1) is 4.87 Å². The molecule has 1 spiro atoms. The number of hydrogen-bond acceptors (Lipinski definition) is 2. The van der Waals surface area contributed by atoms with E-state index in [9.17, 15) is 0 Å². The quantitative estimate of drug-likeness (QED) is 0.697. The molecule has 2 heteroatoms. The molecule has 13 heavy (non-hydrogen) atoms. The summed E-state index contributed by atoms with van der Waals surface area (Å²) in [5, 5.41) is 3.74. The summed E-state index contributed by atoms with van der Waals surface area (Å²) in [6.07, 6.45) is 8.49. The van der Waals surface area contributed by atoms with E-state index in [1.807, 2.05) is 0 Å². The Kier molecular flexibility index (Phi) is 3.20. The van der Waals surface area contributed by atoms with Crippen molar-refractivity contribution in [2.45, 2.75) is 50.3 Å². The lowest BCUT2D eigenvalue weighted by molar-refractivity contribution is 0.258. The molecule has 1 saturated heterocycles. The fourth-order valence-corrected chi connectivity index (χ4v) is 3.99. The van der Waals surface area contributed by atoms with Crippen LogP contribution in [0.1, 0.15) is 45.4 Å². The van der Waals surface area contributed by atoms with E-state index in [-0.39, 0.29) is 0 Å². The molecular formula is C11H21NS. The first-order valence-corrected chi connectivity index (χ1v) is 6.72. The summed E-state index contributed by atoms with van der Waals surface area (Å²) < 4.78 is 0. The van der Waals surface area contributed by atoms with E-state index in [0.717, 1.165) is 5.92 Å². The molecule has 2 rings (SSSR count). The standard InChI is InChI=1S/C11H21NS/c1-2-10-4-6-11(7-5-10)12-8-3-9-13-11/h10,12H,2-9H2,1H3. The second-order valence-electron chi connectivity index (χ2n) is 4.47. The van der Waals surface area contributed by atoms with Gasteiger partial charge in [0, 0.05) is 0 Å². The smallest absolute Gasteiger partial charge is 0.0645 e. The lowest BCUT2D eigenvalue weighted by Crippen LogP contribution is -2.48. The van der Waals surface area contributed by atoms with Crippen LogP contribution in [0.15, 0.2) is 0 Å². The van der Waals surface area contributed by atoms with E-state index in [1.165, 1.54) is 50.8 Å². The zero-order chi connectivity index (χ0) is 9.15. The molecule has 0 aromatic heterocycles. The van der Waals surface area contributed by atoms with Crippen LogP contribution in [0.4, 0.5) is 0 Å². The molecule has 2 fully saturated rings. The Morgan fingerprint density at radius 3 is 2.69 bits per heavy atom. The number of rotatable bonds is 1. The van der Waals surface area contributed by atoms with E-state index >= 15 is 0 Å². The highest BCUT2D eigenvalue weighted by atomic mass is 32.2. The SMILES string of the molecule is CCC1CCC2(CC1)NCCCS2. The predicted molar refractivity (Wildman–Crippen MR) is 60.1 cm³/mol. The van der Waals surface area contributed by atoms with Gasteiger partial charge in [-0.15, -0.1) is 11.8 Å². The van der Waals surface area contributed by atoms with E-state index < -0.39 is 0 Å². The van der Waals surface area contributed by atoms with Crippen LogP contribution >= 0.6 is 11.8 Å². The Hall–Kier alpha value is 0.310. The highest BCUT2D eigenvalue weighted by molar-refractivity contribution is 8.00. The molecule has 1 aliphatic heterocycles. The van der Waals surface area contributed by atoms with Gasteiger partial charge in [-0.1, -0.05) is 13.3 Å². The van der Waals surface area contributed by atoms with Crippen LogP contribution in [-0.4, -0.2) is 17.2 Å². The van der Waals surface area contributed by atoms with Crippen molar-refractivity contribution in [3.63, 3.8) is 0 Å². The minimum atomic E-state index is 0.504. The lowest BCUT2D eigenvalue weighted by atomic mass is 9.84. The molecule has 1 N–H and O–H groups in total. The molecular weight excluding hydrogens is 178 g/mol. The van der Waals surface area contributed by atoms with Gasteiger partial charge in [0.25, 0.3) is 0 Å². The average Bonchev–Trinajstić information content (AvgIpc) is 2.20. The molecule has 1 heterocycles. The molecule has 1 saturated carbocycles. The van der Waals surface area contributed by atoms with Crippen molar-refractivity contribution in [1.82, 2.24) is 5.32 Å². The molecule has 0 aromatic carbocycles. The third-order valence-corrected chi connectivity index (χ3v) is 5.23. The van der Waals surface area contributed by atoms with Crippen molar-refractivity contribution in [2.24, 2.45) is 5.92 Å². The van der Waals surface area contributed by atoms with Crippen LogP contribution in [0, 0.1) is 5.92 Å². The maximum Gasteiger partial charge on any atom is 0.0645 e. The molecule has 0 amide bonds. The van der Waals surface area contributed by atoms with Crippen LogP contribution in [0.25, 0.3) is 0 Å². The third kappa shape index (κ3) is 2.21. The second kappa shape index (κ2) is 4.22. The molecule has 2 aliphatic rings. The average molecular weight is 199 g/mol. The highest BCUT2D eigenvalue weighted by Gasteiger charge is 2.35. The molecule has 1 nitrogen and oxygen atoms in total. The van der Waals surface area contributed by atoms with Gasteiger partial charge in [-0.25, -0.2) is 0 Å². The number of thioether (sulfide) groups is 1. The van der Waals surface area contributed by atoms with Crippen molar-refractivity contribution in [1.29, 1.82) is 0 Å². The highest BCUT2D eigenvalue weighted by Crippen LogP contribution is 2.42. The minimum absolute atomic E-state index is 0.504.